The summed E-state index contributed by atoms with van der Waals surface area (Å²) in [6.07, 6.45) is 1.44. The first-order valence-electron chi connectivity index (χ1n) is 10.8. The van der Waals surface area contributed by atoms with E-state index in [0.29, 0.717) is 29.4 Å². The number of imide groups is 2. The Labute approximate surface area is 216 Å². The van der Waals surface area contributed by atoms with E-state index in [1.807, 2.05) is 44.2 Å². The number of rotatable bonds is 6. The van der Waals surface area contributed by atoms with Crippen LogP contribution in [-0.2, 0) is 16.2 Å². The molecule has 0 aliphatic carbocycles. The van der Waals surface area contributed by atoms with Gasteiger partial charge >= 0.3 is 6.03 Å². The van der Waals surface area contributed by atoms with Gasteiger partial charge in [0, 0.05) is 3.57 Å². The maximum atomic E-state index is 13.2. The van der Waals surface area contributed by atoms with Crippen molar-refractivity contribution >= 4 is 52.2 Å². The lowest BCUT2D eigenvalue weighted by atomic mass is 10.0. The first kappa shape index (κ1) is 24.5. The van der Waals surface area contributed by atoms with E-state index in [1.165, 1.54) is 13.2 Å². The van der Waals surface area contributed by atoms with E-state index in [0.717, 1.165) is 25.2 Å². The van der Waals surface area contributed by atoms with Crippen molar-refractivity contribution in [2.45, 2.75) is 20.5 Å². The number of barbiturate groups is 1. The molecule has 1 saturated heterocycles. The Morgan fingerprint density at radius 2 is 1.71 bits per heavy atom. The molecule has 0 aromatic heterocycles. The minimum absolute atomic E-state index is 0.153. The largest absolute Gasteiger partial charge is 0.493 e. The molecule has 4 amide bonds. The van der Waals surface area contributed by atoms with Crippen molar-refractivity contribution in [2.75, 3.05) is 12.0 Å². The minimum atomic E-state index is -0.775. The third kappa shape index (κ3) is 5.22. The molecule has 3 aromatic rings. The molecule has 0 saturated carbocycles. The van der Waals surface area contributed by atoms with Gasteiger partial charge in [-0.1, -0.05) is 30.3 Å². The monoisotopic (exact) mass is 582 g/mol. The average Bonchev–Trinajstić information content (AvgIpc) is 2.84. The molecule has 35 heavy (non-hydrogen) atoms. The van der Waals surface area contributed by atoms with Gasteiger partial charge in [-0.05, 0) is 95.1 Å². The van der Waals surface area contributed by atoms with Crippen molar-refractivity contribution < 1.29 is 23.9 Å². The van der Waals surface area contributed by atoms with Gasteiger partial charge in [0.25, 0.3) is 11.8 Å². The molecule has 0 atom stereocenters. The predicted octanol–water partition coefficient (Wildman–Crippen LogP) is 5.16. The summed E-state index contributed by atoms with van der Waals surface area (Å²) in [7, 11) is 1.52. The maximum absolute atomic E-state index is 13.2. The summed E-state index contributed by atoms with van der Waals surface area (Å²) in [5.41, 5.74) is 3.55. The fraction of sp³-hybridized carbons (Fsp3) is 0.148. The molecule has 1 aliphatic rings. The van der Waals surface area contributed by atoms with Gasteiger partial charge in [-0.25, -0.2) is 9.69 Å². The number of aryl methyl sites for hydroxylation is 1. The summed E-state index contributed by atoms with van der Waals surface area (Å²) >= 11 is 2.24. The van der Waals surface area contributed by atoms with Crippen molar-refractivity contribution in [1.29, 1.82) is 0 Å². The van der Waals surface area contributed by atoms with Gasteiger partial charge < -0.3 is 9.47 Å². The van der Waals surface area contributed by atoms with E-state index >= 15 is 0 Å². The molecule has 3 aromatic carbocycles. The first-order chi connectivity index (χ1) is 16.8. The van der Waals surface area contributed by atoms with E-state index in [-0.39, 0.29) is 5.57 Å². The maximum Gasteiger partial charge on any atom is 0.335 e. The van der Waals surface area contributed by atoms with Gasteiger partial charge in [-0.15, -0.1) is 0 Å². The summed E-state index contributed by atoms with van der Waals surface area (Å²) in [6.45, 7) is 4.08. The molecule has 8 heteroatoms. The number of benzene rings is 3. The van der Waals surface area contributed by atoms with Crippen molar-refractivity contribution in [3.8, 4) is 11.5 Å². The minimum Gasteiger partial charge on any atom is -0.493 e. The number of methoxy groups -OCH3 is 1. The van der Waals surface area contributed by atoms with E-state index in [9.17, 15) is 14.4 Å². The zero-order valence-corrected chi connectivity index (χ0v) is 21.6. The number of anilines is 1. The number of urea groups is 1. The average molecular weight is 582 g/mol. The second-order valence-electron chi connectivity index (χ2n) is 8.00. The highest BCUT2D eigenvalue weighted by Gasteiger charge is 2.37. The van der Waals surface area contributed by atoms with Gasteiger partial charge in [0.1, 0.15) is 12.2 Å². The summed E-state index contributed by atoms with van der Waals surface area (Å²) in [5.74, 6) is -0.458. The van der Waals surface area contributed by atoms with Gasteiger partial charge in [0.15, 0.2) is 11.5 Å². The molecule has 1 aliphatic heterocycles. The van der Waals surface area contributed by atoms with E-state index in [1.54, 1.807) is 30.3 Å². The van der Waals surface area contributed by atoms with Gasteiger partial charge in [-0.2, -0.15) is 0 Å². The lowest BCUT2D eigenvalue weighted by Gasteiger charge is -2.28. The molecule has 1 fully saturated rings. The predicted molar refractivity (Wildman–Crippen MR) is 141 cm³/mol. The summed E-state index contributed by atoms with van der Waals surface area (Å²) in [6, 6.07) is 17.7. The lowest BCUT2D eigenvalue weighted by molar-refractivity contribution is -0.122. The molecule has 0 radical (unpaired) electrons. The zero-order valence-electron chi connectivity index (χ0n) is 19.4. The van der Waals surface area contributed by atoms with Crippen molar-refractivity contribution in [3.63, 3.8) is 0 Å². The molecule has 7 nitrogen and oxygen atoms in total. The van der Waals surface area contributed by atoms with Crippen molar-refractivity contribution in [1.82, 2.24) is 5.32 Å². The number of hydrogen-bond donors (Lipinski definition) is 1. The Hall–Kier alpha value is -3.66. The standard InChI is InChI=1S/C27H23IN2O5/c1-16-5-4-6-22(17(16)2)30-26(32)21(25(31)29-27(30)33)13-19-9-12-23(24(14-19)34-3)35-15-18-7-10-20(28)11-8-18/h4-14H,15H2,1-3H3,(H,29,31,33)/b21-13+. The van der Waals surface area contributed by atoms with Gasteiger partial charge in [-0.3, -0.25) is 14.9 Å². The van der Waals surface area contributed by atoms with Crippen LogP contribution in [0, 0.1) is 17.4 Å². The fourth-order valence-corrected chi connectivity index (χ4v) is 4.02. The van der Waals surface area contributed by atoms with Crippen LogP contribution in [0.4, 0.5) is 10.5 Å². The normalized spacial score (nSPS) is 14.8. The van der Waals surface area contributed by atoms with Crippen LogP contribution in [0.25, 0.3) is 6.08 Å². The number of ether oxygens (including phenoxy) is 2. The van der Waals surface area contributed by atoms with Gasteiger partial charge in [0.2, 0.25) is 0 Å². The Bertz CT molecular complexity index is 1350. The first-order valence-corrected chi connectivity index (χ1v) is 11.9. The van der Waals surface area contributed by atoms with Crippen LogP contribution in [0.3, 0.4) is 0 Å². The number of carbonyl (C=O) groups is 3. The molecular weight excluding hydrogens is 559 g/mol. The van der Waals surface area contributed by atoms with E-state index < -0.39 is 17.8 Å². The van der Waals surface area contributed by atoms with Crippen LogP contribution in [-0.4, -0.2) is 25.0 Å². The van der Waals surface area contributed by atoms with E-state index in [2.05, 4.69) is 27.9 Å². The number of halogens is 1. The van der Waals surface area contributed by atoms with Crippen LogP contribution in [0.5, 0.6) is 11.5 Å². The molecule has 0 spiro atoms. The number of hydrogen-bond acceptors (Lipinski definition) is 5. The molecular formula is C27H23IN2O5. The summed E-state index contributed by atoms with van der Waals surface area (Å²) in [5, 5.41) is 2.26. The number of nitrogens with zero attached hydrogens (tertiary/aromatic N) is 1. The third-order valence-electron chi connectivity index (χ3n) is 5.72. The number of carbonyl (C=O) groups excluding carboxylic acids is 3. The third-order valence-corrected chi connectivity index (χ3v) is 6.44. The van der Waals surface area contributed by atoms with Gasteiger partial charge in [0.05, 0.1) is 12.8 Å². The van der Waals surface area contributed by atoms with E-state index in [4.69, 9.17) is 9.47 Å². The number of amides is 4. The highest BCUT2D eigenvalue weighted by atomic mass is 127. The van der Waals surface area contributed by atoms with Crippen molar-refractivity contribution in [3.05, 3.63) is 92.1 Å². The second-order valence-corrected chi connectivity index (χ2v) is 9.25. The number of nitrogens with one attached hydrogen (secondary N) is 1. The van der Waals surface area contributed by atoms with Crippen LogP contribution in [0.15, 0.2) is 66.2 Å². The Kier molecular flexibility index (Phi) is 7.20. The fourth-order valence-electron chi connectivity index (χ4n) is 3.66. The highest BCUT2D eigenvalue weighted by molar-refractivity contribution is 14.1. The van der Waals surface area contributed by atoms with Crippen LogP contribution in [0.1, 0.15) is 22.3 Å². The highest BCUT2D eigenvalue weighted by Crippen LogP contribution is 2.31. The molecule has 0 bridgehead atoms. The van der Waals surface area contributed by atoms with Crippen LogP contribution in [0.2, 0.25) is 0 Å². The molecule has 178 valence electrons. The Morgan fingerprint density at radius 1 is 0.971 bits per heavy atom. The topological polar surface area (TPSA) is 84.9 Å². The van der Waals surface area contributed by atoms with Crippen LogP contribution >= 0.6 is 22.6 Å². The molecule has 4 rings (SSSR count). The quantitative estimate of drug-likeness (QED) is 0.247. The molecule has 1 heterocycles. The van der Waals surface area contributed by atoms with Crippen molar-refractivity contribution in [2.24, 2.45) is 0 Å². The lowest BCUT2D eigenvalue weighted by Crippen LogP contribution is -2.54. The SMILES string of the molecule is COc1cc(/C=C2\C(=O)NC(=O)N(c3cccc(C)c3C)C2=O)ccc1OCc1ccc(I)cc1. The van der Waals surface area contributed by atoms with Crippen LogP contribution < -0.4 is 19.7 Å². The Balaban J connectivity index is 1.61. The Morgan fingerprint density at radius 3 is 2.43 bits per heavy atom. The summed E-state index contributed by atoms with van der Waals surface area (Å²) in [4.78, 5) is 39.3. The molecule has 0 unspecified atom stereocenters. The smallest absolute Gasteiger partial charge is 0.335 e. The zero-order chi connectivity index (χ0) is 25.1. The summed E-state index contributed by atoms with van der Waals surface area (Å²) < 4.78 is 12.5. The molecule has 1 N–H and O–H groups in total. The second kappa shape index (κ2) is 10.3.